The number of halogens is 1. The number of rotatable bonds is 8. The summed E-state index contributed by atoms with van der Waals surface area (Å²) in [6.45, 7) is 5.81. The number of hydrogen-bond acceptors (Lipinski definition) is 6. The third-order valence-electron chi connectivity index (χ3n) is 4.09. The van der Waals surface area contributed by atoms with Gasteiger partial charge in [-0.1, -0.05) is 30.3 Å². The molecule has 0 bridgehead atoms. The van der Waals surface area contributed by atoms with Crippen molar-refractivity contribution in [2.75, 3.05) is 14.2 Å². The van der Waals surface area contributed by atoms with Gasteiger partial charge in [-0.3, -0.25) is 0 Å². The monoisotopic (exact) mass is 377 g/mol. The minimum absolute atomic E-state index is 0.00777. The Labute approximate surface area is 158 Å². The summed E-state index contributed by atoms with van der Waals surface area (Å²) in [5, 5.41) is 3.08. The molecule has 2 rings (SSSR count). The van der Waals surface area contributed by atoms with Crippen molar-refractivity contribution in [1.82, 2.24) is 5.32 Å². The Morgan fingerprint density at radius 2 is 2.12 bits per heavy atom. The van der Waals surface area contributed by atoms with Crippen LogP contribution in [-0.4, -0.2) is 25.9 Å². The lowest BCUT2D eigenvalue weighted by Gasteiger charge is -2.18. The van der Waals surface area contributed by atoms with Crippen LogP contribution < -0.4 is 15.8 Å². The second-order valence-electron chi connectivity index (χ2n) is 6.09. The molecule has 0 heterocycles. The number of aliphatic imine (C=N–C) groups is 1. The molecule has 1 aromatic rings. The van der Waals surface area contributed by atoms with E-state index in [0.29, 0.717) is 11.6 Å². The molecule has 0 saturated heterocycles. The zero-order valence-corrected chi connectivity index (χ0v) is 16.0. The summed E-state index contributed by atoms with van der Waals surface area (Å²) < 4.78 is 10.0. The third kappa shape index (κ3) is 5.02. The Hall–Kier alpha value is -2.47. The minimum Gasteiger partial charge on any atom is -0.497 e. The maximum absolute atomic E-state index is 12.1. The smallest absolute Gasteiger partial charge is 0.358 e. The van der Waals surface area contributed by atoms with Crippen molar-refractivity contribution in [2.45, 2.75) is 25.8 Å². The van der Waals surface area contributed by atoms with Gasteiger partial charge in [0.25, 0.3) is 0 Å². The van der Waals surface area contributed by atoms with Crippen LogP contribution in [0.2, 0.25) is 0 Å². The number of esters is 1. The van der Waals surface area contributed by atoms with Crippen LogP contribution in [0.5, 0.6) is 5.75 Å². The van der Waals surface area contributed by atoms with Crippen LogP contribution in [0.25, 0.3) is 0 Å². The van der Waals surface area contributed by atoms with Crippen LogP contribution in [0.3, 0.4) is 0 Å². The lowest BCUT2D eigenvalue weighted by molar-refractivity contribution is -0.132. The molecule has 3 N–H and O–H groups in total. The van der Waals surface area contributed by atoms with Crippen LogP contribution in [0.15, 0.2) is 52.4 Å². The van der Waals surface area contributed by atoms with Crippen molar-refractivity contribution in [1.29, 1.82) is 0 Å². The lowest BCUT2D eigenvalue weighted by atomic mass is 10.1. The molecule has 1 aliphatic carbocycles. The Bertz CT molecular complexity index is 754. The van der Waals surface area contributed by atoms with Gasteiger partial charge in [0.2, 0.25) is 0 Å². The van der Waals surface area contributed by atoms with Gasteiger partial charge in [-0.25, -0.2) is 9.79 Å². The number of nitrogens with zero attached hydrogens (tertiary/aromatic N) is 1. The van der Waals surface area contributed by atoms with E-state index in [9.17, 15) is 4.79 Å². The van der Waals surface area contributed by atoms with Crippen molar-refractivity contribution in [3.05, 3.63) is 53.0 Å². The highest BCUT2D eigenvalue weighted by Crippen LogP contribution is 2.36. The van der Waals surface area contributed by atoms with Crippen LogP contribution in [-0.2, 0) is 9.53 Å². The molecule has 1 aromatic carbocycles. The van der Waals surface area contributed by atoms with Crippen molar-refractivity contribution in [3.63, 3.8) is 0 Å². The maximum Gasteiger partial charge on any atom is 0.358 e. The number of methoxy groups -OCH3 is 2. The molecule has 1 fully saturated rings. The van der Waals surface area contributed by atoms with E-state index in [2.05, 4.69) is 16.9 Å². The summed E-state index contributed by atoms with van der Waals surface area (Å²) in [4.78, 5) is 16.3. The zero-order chi connectivity index (χ0) is 19.3. The van der Waals surface area contributed by atoms with Crippen molar-refractivity contribution < 1.29 is 14.3 Å². The predicted octanol–water partition coefficient (Wildman–Crippen LogP) is 3.25. The largest absolute Gasteiger partial charge is 0.497 e. The summed E-state index contributed by atoms with van der Waals surface area (Å²) in [6, 6.07) is 7.40. The van der Waals surface area contributed by atoms with Crippen molar-refractivity contribution in [3.8, 4) is 5.75 Å². The van der Waals surface area contributed by atoms with Gasteiger partial charge in [0, 0.05) is 11.6 Å². The van der Waals surface area contributed by atoms with Crippen LogP contribution in [0.1, 0.15) is 31.4 Å². The summed E-state index contributed by atoms with van der Waals surface area (Å²) in [7, 11) is 2.87. The van der Waals surface area contributed by atoms with Crippen LogP contribution in [0.4, 0.5) is 0 Å². The maximum atomic E-state index is 12.1. The summed E-state index contributed by atoms with van der Waals surface area (Å²) >= 11 is 6.32. The van der Waals surface area contributed by atoms with Gasteiger partial charge in [0.15, 0.2) is 5.71 Å². The van der Waals surface area contributed by atoms with Crippen LogP contribution >= 0.6 is 11.6 Å². The molecule has 6 nitrogen and oxygen atoms in total. The van der Waals surface area contributed by atoms with E-state index in [1.165, 1.54) is 7.11 Å². The van der Waals surface area contributed by atoms with Gasteiger partial charge in [-0.05, 0) is 37.5 Å². The third-order valence-corrected chi connectivity index (χ3v) is 4.48. The number of nitrogens with one attached hydrogen (secondary N) is 1. The summed E-state index contributed by atoms with van der Waals surface area (Å²) in [5.74, 6) is 0.511. The zero-order valence-electron chi connectivity index (χ0n) is 15.2. The Kier molecular flexibility index (Phi) is 6.69. The molecule has 0 amide bonds. The fourth-order valence-electron chi connectivity index (χ4n) is 2.35. The molecule has 0 aromatic heterocycles. The molecule has 0 radical (unpaired) electrons. The second-order valence-corrected chi connectivity index (χ2v) is 6.47. The van der Waals surface area contributed by atoms with E-state index in [1.807, 2.05) is 31.2 Å². The number of hydrogen-bond donors (Lipinski definition) is 2. The number of allylic oxidation sites excluding steroid dienone is 1. The van der Waals surface area contributed by atoms with Gasteiger partial charge < -0.3 is 20.5 Å². The van der Waals surface area contributed by atoms with Crippen LogP contribution in [0, 0.1) is 5.92 Å². The lowest BCUT2D eigenvalue weighted by Crippen LogP contribution is -2.28. The molecule has 1 aliphatic rings. The van der Waals surface area contributed by atoms with E-state index >= 15 is 0 Å². The Morgan fingerprint density at radius 3 is 2.69 bits per heavy atom. The van der Waals surface area contributed by atoms with E-state index in [-0.39, 0.29) is 22.6 Å². The van der Waals surface area contributed by atoms with Gasteiger partial charge in [0.05, 0.1) is 20.3 Å². The molecule has 0 aliphatic heterocycles. The standard InChI is InChI=1S/C19H24ClN3O3/c1-11(13-8-9-13)22-17(19(24)26-4)16(20)18(21)23-12(2)14-6-5-7-15(10-14)25-3/h5-7,10,12-13,23H,1,8-9,21H2,2-4H3/b18-16-,22-17+/t12-/m0/s1. The van der Waals surface area contributed by atoms with E-state index in [4.69, 9.17) is 26.8 Å². The highest BCUT2D eigenvalue weighted by Gasteiger charge is 2.27. The second kappa shape index (κ2) is 8.76. The number of benzene rings is 1. The first kappa shape index (κ1) is 19.8. The van der Waals surface area contributed by atoms with Crippen molar-refractivity contribution in [2.24, 2.45) is 16.6 Å². The van der Waals surface area contributed by atoms with Crippen molar-refractivity contribution >= 4 is 23.3 Å². The Balaban J connectivity index is 2.23. The quantitative estimate of drug-likeness (QED) is 0.536. The molecular formula is C19H24ClN3O3. The first-order valence-electron chi connectivity index (χ1n) is 8.29. The fraction of sp³-hybridized carbons (Fsp3) is 0.368. The molecule has 26 heavy (non-hydrogen) atoms. The number of carbonyl (C=O) groups is 1. The molecule has 140 valence electrons. The summed E-state index contributed by atoms with van der Waals surface area (Å²) in [6.07, 6.45) is 2.03. The molecule has 0 unspecified atom stereocenters. The van der Waals surface area contributed by atoms with Gasteiger partial charge in [-0.15, -0.1) is 0 Å². The fourth-order valence-corrected chi connectivity index (χ4v) is 2.52. The molecular weight excluding hydrogens is 354 g/mol. The average molecular weight is 378 g/mol. The molecule has 1 saturated carbocycles. The van der Waals surface area contributed by atoms with E-state index < -0.39 is 5.97 Å². The number of ether oxygens (including phenoxy) is 2. The Morgan fingerprint density at radius 1 is 1.42 bits per heavy atom. The van der Waals surface area contributed by atoms with Gasteiger partial charge in [-0.2, -0.15) is 0 Å². The van der Waals surface area contributed by atoms with E-state index in [0.717, 1.165) is 24.2 Å². The number of carbonyl (C=O) groups excluding carboxylic acids is 1. The first-order chi connectivity index (χ1) is 12.4. The number of nitrogens with two attached hydrogens (primary N) is 1. The molecule has 0 spiro atoms. The van der Waals surface area contributed by atoms with E-state index in [1.54, 1.807) is 7.11 Å². The molecule has 7 heteroatoms. The molecule has 1 atom stereocenters. The predicted molar refractivity (Wildman–Crippen MR) is 103 cm³/mol. The SMILES string of the molecule is C=C(/N=C(C(=O)OC)\C(Cl)=C(/N)N[C@@H](C)c1cccc(OC)c1)C1CC1. The average Bonchev–Trinajstić information content (AvgIpc) is 3.49. The van der Waals surface area contributed by atoms with Gasteiger partial charge >= 0.3 is 5.97 Å². The first-order valence-corrected chi connectivity index (χ1v) is 8.67. The van der Waals surface area contributed by atoms with Gasteiger partial charge in [0.1, 0.15) is 16.6 Å². The highest BCUT2D eigenvalue weighted by atomic mass is 35.5. The summed E-state index contributed by atoms with van der Waals surface area (Å²) in [5.41, 5.74) is 7.59. The topological polar surface area (TPSA) is 85.9 Å². The highest BCUT2D eigenvalue weighted by molar-refractivity contribution is 6.58. The normalized spacial score (nSPS) is 16.4. The minimum atomic E-state index is -0.657.